The van der Waals surface area contributed by atoms with E-state index in [0.29, 0.717) is 0 Å². The molecule has 0 aromatic carbocycles. The standard InChI is InChI=1S/C12H20N2/c1-9-6-10(2)13-7-11(9)8-14-12(3,4)5/h6-7,14H,8H2,1-5H3. The van der Waals surface area contributed by atoms with Crippen molar-refractivity contribution in [3.8, 4) is 0 Å². The lowest BCUT2D eigenvalue weighted by molar-refractivity contribution is 0.423. The van der Waals surface area contributed by atoms with Crippen molar-refractivity contribution in [1.82, 2.24) is 10.3 Å². The number of aryl methyl sites for hydroxylation is 2. The molecule has 0 aliphatic heterocycles. The van der Waals surface area contributed by atoms with Gasteiger partial charge in [-0.3, -0.25) is 4.98 Å². The molecule has 1 N–H and O–H groups in total. The van der Waals surface area contributed by atoms with Gasteiger partial charge in [0.15, 0.2) is 0 Å². The van der Waals surface area contributed by atoms with Crippen LogP contribution in [0.3, 0.4) is 0 Å². The Morgan fingerprint density at radius 1 is 1.29 bits per heavy atom. The van der Waals surface area contributed by atoms with Gasteiger partial charge in [0, 0.05) is 24.0 Å². The van der Waals surface area contributed by atoms with Crippen molar-refractivity contribution in [2.45, 2.75) is 46.7 Å². The Kier molecular flexibility index (Phi) is 3.27. The largest absolute Gasteiger partial charge is 0.308 e. The van der Waals surface area contributed by atoms with Gasteiger partial charge >= 0.3 is 0 Å². The molecule has 0 bridgehead atoms. The van der Waals surface area contributed by atoms with E-state index in [0.717, 1.165) is 12.2 Å². The molecule has 1 aromatic heterocycles. The SMILES string of the molecule is Cc1cc(C)c(CNC(C)(C)C)cn1. The van der Waals surface area contributed by atoms with Gasteiger partial charge in [0.1, 0.15) is 0 Å². The molecule has 2 nitrogen and oxygen atoms in total. The van der Waals surface area contributed by atoms with Crippen molar-refractivity contribution in [3.63, 3.8) is 0 Å². The summed E-state index contributed by atoms with van der Waals surface area (Å²) in [7, 11) is 0. The number of nitrogens with one attached hydrogen (secondary N) is 1. The zero-order valence-corrected chi connectivity index (χ0v) is 9.81. The van der Waals surface area contributed by atoms with Crippen LogP contribution >= 0.6 is 0 Å². The van der Waals surface area contributed by atoms with Gasteiger partial charge in [-0.25, -0.2) is 0 Å². The first-order valence-corrected chi connectivity index (χ1v) is 5.05. The topological polar surface area (TPSA) is 24.9 Å². The highest BCUT2D eigenvalue weighted by Crippen LogP contribution is 2.09. The summed E-state index contributed by atoms with van der Waals surface area (Å²) in [4.78, 5) is 4.30. The van der Waals surface area contributed by atoms with Gasteiger partial charge in [0.25, 0.3) is 0 Å². The van der Waals surface area contributed by atoms with E-state index in [4.69, 9.17) is 0 Å². The van der Waals surface area contributed by atoms with E-state index in [-0.39, 0.29) is 5.54 Å². The number of nitrogens with zero attached hydrogens (tertiary/aromatic N) is 1. The molecule has 1 heterocycles. The second-order valence-electron chi connectivity index (χ2n) is 4.86. The Hall–Kier alpha value is -0.890. The van der Waals surface area contributed by atoms with Crippen LogP contribution in [-0.2, 0) is 6.54 Å². The molecule has 1 rings (SSSR count). The molecule has 14 heavy (non-hydrogen) atoms. The number of pyridine rings is 1. The Balaban J connectivity index is 2.68. The molecule has 0 aliphatic rings. The van der Waals surface area contributed by atoms with Crippen LogP contribution in [0.1, 0.15) is 37.6 Å². The van der Waals surface area contributed by atoms with Crippen molar-refractivity contribution < 1.29 is 0 Å². The van der Waals surface area contributed by atoms with Crippen LogP contribution in [0, 0.1) is 13.8 Å². The highest BCUT2D eigenvalue weighted by Gasteiger charge is 2.09. The third-order valence-electron chi connectivity index (χ3n) is 2.17. The third-order valence-corrected chi connectivity index (χ3v) is 2.17. The van der Waals surface area contributed by atoms with Crippen LogP contribution in [-0.4, -0.2) is 10.5 Å². The minimum Gasteiger partial charge on any atom is -0.308 e. The summed E-state index contributed by atoms with van der Waals surface area (Å²) in [5.74, 6) is 0. The maximum Gasteiger partial charge on any atom is 0.0375 e. The average molecular weight is 192 g/mol. The Labute approximate surface area is 86.8 Å². The Morgan fingerprint density at radius 2 is 1.93 bits per heavy atom. The molecule has 0 saturated heterocycles. The van der Waals surface area contributed by atoms with Crippen molar-refractivity contribution in [2.24, 2.45) is 0 Å². The van der Waals surface area contributed by atoms with Crippen LogP contribution in [0.4, 0.5) is 0 Å². The lowest BCUT2D eigenvalue weighted by Crippen LogP contribution is -2.35. The fraction of sp³-hybridized carbons (Fsp3) is 0.583. The number of hydrogen-bond acceptors (Lipinski definition) is 2. The van der Waals surface area contributed by atoms with E-state index in [9.17, 15) is 0 Å². The second kappa shape index (κ2) is 4.09. The molecule has 0 radical (unpaired) electrons. The van der Waals surface area contributed by atoms with Crippen LogP contribution in [0.2, 0.25) is 0 Å². The summed E-state index contributed by atoms with van der Waals surface area (Å²) in [6, 6.07) is 2.12. The maximum atomic E-state index is 4.30. The minimum absolute atomic E-state index is 0.164. The van der Waals surface area contributed by atoms with E-state index >= 15 is 0 Å². The summed E-state index contributed by atoms with van der Waals surface area (Å²) < 4.78 is 0. The van der Waals surface area contributed by atoms with Crippen molar-refractivity contribution in [1.29, 1.82) is 0 Å². The number of hydrogen-bond donors (Lipinski definition) is 1. The Morgan fingerprint density at radius 3 is 2.43 bits per heavy atom. The highest BCUT2D eigenvalue weighted by molar-refractivity contribution is 5.24. The van der Waals surface area contributed by atoms with Gasteiger partial charge in [-0.15, -0.1) is 0 Å². The maximum absolute atomic E-state index is 4.30. The van der Waals surface area contributed by atoms with E-state index in [2.05, 4.69) is 44.1 Å². The molecule has 2 heteroatoms. The van der Waals surface area contributed by atoms with Crippen LogP contribution < -0.4 is 5.32 Å². The predicted molar refractivity (Wildman–Crippen MR) is 60.3 cm³/mol. The van der Waals surface area contributed by atoms with Gasteiger partial charge in [-0.2, -0.15) is 0 Å². The smallest absolute Gasteiger partial charge is 0.0375 e. The molecular formula is C12H20N2. The van der Waals surface area contributed by atoms with Gasteiger partial charge in [0.05, 0.1) is 0 Å². The normalized spacial score (nSPS) is 11.8. The molecule has 0 atom stereocenters. The summed E-state index contributed by atoms with van der Waals surface area (Å²) in [6.45, 7) is 11.6. The molecule has 0 spiro atoms. The zero-order chi connectivity index (χ0) is 10.8. The predicted octanol–water partition coefficient (Wildman–Crippen LogP) is 2.59. The summed E-state index contributed by atoms with van der Waals surface area (Å²) >= 11 is 0. The van der Waals surface area contributed by atoms with Gasteiger partial charge in [-0.1, -0.05) is 0 Å². The first kappa shape index (κ1) is 11.2. The number of rotatable bonds is 2. The summed E-state index contributed by atoms with van der Waals surface area (Å²) in [5.41, 5.74) is 3.85. The second-order valence-corrected chi connectivity index (χ2v) is 4.86. The molecule has 0 unspecified atom stereocenters. The molecule has 1 aromatic rings. The highest BCUT2D eigenvalue weighted by atomic mass is 14.9. The van der Waals surface area contributed by atoms with E-state index in [1.165, 1.54) is 11.1 Å². The first-order valence-electron chi connectivity index (χ1n) is 5.05. The number of aromatic nitrogens is 1. The van der Waals surface area contributed by atoms with Crippen LogP contribution in [0.5, 0.6) is 0 Å². The molecule has 0 amide bonds. The summed E-state index contributed by atoms with van der Waals surface area (Å²) in [5, 5.41) is 3.46. The zero-order valence-electron chi connectivity index (χ0n) is 9.81. The van der Waals surface area contributed by atoms with Crippen LogP contribution in [0.15, 0.2) is 12.3 Å². The molecular weight excluding hydrogens is 172 g/mol. The van der Waals surface area contributed by atoms with Gasteiger partial charge in [-0.05, 0) is 51.8 Å². The first-order chi connectivity index (χ1) is 6.38. The third kappa shape index (κ3) is 3.46. The van der Waals surface area contributed by atoms with Crippen molar-refractivity contribution >= 4 is 0 Å². The van der Waals surface area contributed by atoms with Crippen molar-refractivity contribution in [3.05, 3.63) is 29.1 Å². The van der Waals surface area contributed by atoms with Crippen LogP contribution in [0.25, 0.3) is 0 Å². The molecule has 0 fully saturated rings. The van der Waals surface area contributed by atoms with Gasteiger partial charge < -0.3 is 5.32 Å². The van der Waals surface area contributed by atoms with Gasteiger partial charge in [0.2, 0.25) is 0 Å². The molecule has 0 aliphatic carbocycles. The average Bonchev–Trinajstić information content (AvgIpc) is 2.00. The van der Waals surface area contributed by atoms with E-state index in [1.54, 1.807) is 0 Å². The van der Waals surface area contributed by atoms with E-state index in [1.807, 2.05) is 13.1 Å². The lowest BCUT2D eigenvalue weighted by atomic mass is 10.1. The molecule has 78 valence electrons. The fourth-order valence-corrected chi connectivity index (χ4v) is 1.27. The minimum atomic E-state index is 0.164. The quantitative estimate of drug-likeness (QED) is 0.779. The summed E-state index contributed by atoms with van der Waals surface area (Å²) in [6.07, 6.45) is 1.96. The van der Waals surface area contributed by atoms with E-state index < -0.39 is 0 Å². The Bertz CT molecular complexity index is 311. The lowest BCUT2D eigenvalue weighted by Gasteiger charge is -2.21. The fourth-order valence-electron chi connectivity index (χ4n) is 1.27. The monoisotopic (exact) mass is 192 g/mol. The molecule has 0 saturated carbocycles. The van der Waals surface area contributed by atoms with Crippen molar-refractivity contribution in [2.75, 3.05) is 0 Å².